The average Bonchev–Trinajstić information content (AvgIpc) is 2.43. The van der Waals surface area contributed by atoms with Crippen molar-refractivity contribution in [3.8, 4) is 0 Å². The quantitative estimate of drug-likeness (QED) is 0.892. The molecule has 0 heterocycles. The number of halogens is 3. The zero-order chi connectivity index (χ0) is 15.6. The van der Waals surface area contributed by atoms with Gasteiger partial charge in [0.05, 0.1) is 21.3 Å². The second-order valence-electron chi connectivity index (χ2n) is 4.02. The number of amides is 1. The second kappa shape index (κ2) is 6.11. The van der Waals surface area contributed by atoms with Gasteiger partial charge in [-0.25, -0.2) is 9.18 Å². The molecular weight excluding hydrogens is 320 g/mol. The number of nitrogens with one attached hydrogen (secondary N) is 1. The first-order chi connectivity index (χ1) is 9.91. The third kappa shape index (κ3) is 3.15. The van der Waals surface area contributed by atoms with E-state index in [0.29, 0.717) is 0 Å². The Labute approximate surface area is 129 Å². The lowest BCUT2D eigenvalue weighted by atomic mass is 10.1. The van der Waals surface area contributed by atoms with Crippen molar-refractivity contribution in [1.82, 2.24) is 0 Å². The normalized spacial score (nSPS) is 10.2. The third-order valence-corrected chi connectivity index (χ3v) is 3.30. The van der Waals surface area contributed by atoms with Crippen molar-refractivity contribution >= 4 is 40.8 Å². The van der Waals surface area contributed by atoms with E-state index in [-0.39, 0.29) is 26.9 Å². The van der Waals surface area contributed by atoms with E-state index in [0.717, 1.165) is 6.07 Å². The van der Waals surface area contributed by atoms with Gasteiger partial charge in [0.15, 0.2) is 0 Å². The molecule has 1 amide bonds. The van der Waals surface area contributed by atoms with Crippen LogP contribution in [0.5, 0.6) is 0 Å². The Balaban J connectivity index is 2.45. The zero-order valence-electron chi connectivity index (χ0n) is 10.4. The minimum atomic E-state index is -1.36. The van der Waals surface area contributed by atoms with E-state index in [4.69, 9.17) is 28.3 Å². The van der Waals surface area contributed by atoms with Crippen LogP contribution in [0.4, 0.5) is 10.1 Å². The number of hydrogen-bond donors (Lipinski definition) is 2. The maximum absolute atomic E-state index is 13.5. The standard InChI is InChI=1S/C14H8Cl2FNO3/c15-8-5-6-9(16)12(11(8)14(20)21)18-13(19)7-3-1-2-4-10(7)17/h1-6H,(H,18,19)(H,20,21). The van der Waals surface area contributed by atoms with Gasteiger partial charge in [0, 0.05) is 0 Å². The summed E-state index contributed by atoms with van der Waals surface area (Å²) >= 11 is 11.7. The van der Waals surface area contributed by atoms with Crippen LogP contribution in [-0.4, -0.2) is 17.0 Å². The highest BCUT2D eigenvalue weighted by Gasteiger charge is 2.21. The number of carboxylic acids is 1. The molecule has 2 N–H and O–H groups in total. The molecule has 0 atom stereocenters. The van der Waals surface area contributed by atoms with E-state index in [1.165, 1.54) is 30.3 Å². The first-order valence-electron chi connectivity index (χ1n) is 5.69. The molecular formula is C14H8Cl2FNO3. The van der Waals surface area contributed by atoms with E-state index < -0.39 is 17.7 Å². The van der Waals surface area contributed by atoms with E-state index >= 15 is 0 Å². The number of aromatic carboxylic acids is 1. The summed E-state index contributed by atoms with van der Waals surface area (Å²) in [6, 6.07) is 7.94. The van der Waals surface area contributed by atoms with Crippen LogP contribution in [-0.2, 0) is 0 Å². The Hall–Kier alpha value is -2.11. The Morgan fingerprint density at radius 2 is 1.67 bits per heavy atom. The number of benzene rings is 2. The van der Waals surface area contributed by atoms with Crippen LogP contribution in [0.3, 0.4) is 0 Å². The zero-order valence-corrected chi connectivity index (χ0v) is 11.9. The summed E-state index contributed by atoms with van der Waals surface area (Å²) in [5.74, 6) is -2.91. The van der Waals surface area contributed by atoms with Crippen molar-refractivity contribution in [2.24, 2.45) is 0 Å². The average molecular weight is 328 g/mol. The lowest BCUT2D eigenvalue weighted by Crippen LogP contribution is -2.16. The minimum Gasteiger partial charge on any atom is -0.478 e. The molecule has 2 aromatic rings. The van der Waals surface area contributed by atoms with Gasteiger partial charge in [-0.3, -0.25) is 4.79 Å². The topological polar surface area (TPSA) is 66.4 Å². The smallest absolute Gasteiger partial charge is 0.339 e. The highest BCUT2D eigenvalue weighted by atomic mass is 35.5. The first kappa shape index (κ1) is 15.3. The molecule has 21 heavy (non-hydrogen) atoms. The molecule has 2 aromatic carbocycles. The predicted octanol–water partition coefficient (Wildman–Crippen LogP) is 4.08. The van der Waals surface area contributed by atoms with Gasteiger partial charge in [-0.05, 0) is 24.3 Å². The molecule has 2 rings (SSSR count). The fourth-order valence-corrected chi connectivity index (χ4v) is 2.15. The summed E-state index contributed by atoms with van der Waals surface area (Å²) in [6.07, 6.45) is 0. The van der Waals surface area contributed by atoms with Crippen LogP contribution in [0.1, 0.15) is 20.7 Å². The molecule has 0 saturated carbocycles. The number of carboxylic acid groups (broad SMARTS) is 1. The van der Waals surface area contributed by atoms with Crippen LogP contribution < -0.4 is 5.32 Å². The van der Waals surface area contributed by atoms with Crippen LogP contribution >= 0.6 is 23.2 Å². The SMILES string of the molecule is O=C(Nc1c(Cl)ccc(Cl)c1C(=O)O)c1ccccc1F. The van der Waals surface area contributed by atoms with Crippen molar-refractivity contribution in [1.29, 1.82) is 0 Å². The molecule has 0 aliphatic heterocycles. The van der Waals surface area contributed by atoms with E-state index in [2.05, 4.69) is 5.32 Å². The number of hydrogen-bond acceptors (Lipinski definition) is 2. The lowest BCUT2D eigenvalue weighted by Gasteiger charge is -2.12. The van der Waals surface area contributed by atoms with Gasteiger partial charge in [-0.15, -0.1) is 0 Å². The summed E-state index contributed by atoms with van der Waals surface area (Å²) in [6.45, 7) is 0. The maximum Gasteiger partial charge on any atom is 0.339 e. The number of anilines is 1. The summed E-state index contributed by atoms with van der Waals surface area (Å²) in [4.78, 5) is 23.2. The highest BCUT2D eigenvalue weighted by Crippen LogP contribution is 2.32. The van der Waals surface area contributed by atoms with Gasteiger partial charge in [0.25, 0.3) is 5.91 Å². The third-order valence-electron chi connectivity index (χ3n) is 2.67. The second-order valence-corrected chi connectivity index (χ2v) is 4.83. The molecule has 0 aliphatic carbocycles. The molecule has 0 aliphatic rings. The van der Waals surface area contributed by atoms with Crippen LogP contribution in [0.15, 0.2) is 36.4 Å². The van der Waals surface area contributed by atoms with Crippen LogP contribution in [0.2, 0.25) is 10.0 Å². The minimum absolute atomic E-state index is 0.0125. The molecule has 0 spiro atoms. The van der Waals surface area contributed by atoms with Crippen LogP contribution in [0.25, 0.3) is 0 Å². The Morgan fingerprint density at radius 3 is 2.29 bits per heavy atom. The molecule has 0 radical (unpaired) electrons. The lowest BCUT2D eigenvalue weighted by molar-refractivity contribution is 0.0698. The predicted molar refractivity (Wildman–Crippen MR) is 77.8 cm³/mol. The molecule has 0 unspecified atom stereocenters. The number of carbonyl (C=O) groups excluding carboxylic acids is 1. The largest absolute Gasteiger partial charge is 0.478 e. The molecule has 0 aromatic heterocycles. The molecule has 7 heteroatoms. The highest BCUT2D eigenvalue weighted by molar-refractivity contribution is 6.38. The molecule has 0 fully saturated rings. The van der Waals surface area contributed by atoms with Gasteiger partial charge in [-0.1, -0.05) is 35.3 Å². The monoisotopic (exact) mass is 327 g/mol. The van der Waals surface area contributed by atoms with Gasteiger partial charge in [0.2, 0.25) is 0 Å². The Bertz CT molecular complexity index is 734. The molecule has 0 bridgehead atoms. The summed E-state index contributed by atoms with van der Waals surface area (Å²) in [5, 5.41) is 11.3. The van der Waals surface area contributed by atoms with Gasteiger partial charge in [0.1, 0.15) is 11.4 Å². The fourth-order valence-electron chi connectivity index (χ4n) is 1.71. The summed E-state index contributed by atoms with van der Waals surface area (Å²) in [7, 11) is 0. The Kier molecular flexibility index (Phi) is 4.45. The van der Waals surface area contributed by atoms with E-state index in [1.54, 1.807) is 0 Å². The van der Waals surface area contributed by atoms with Crippen LogP contribution in [0, 0.1) is 5.82 Å². The molecule has 108 valence electrons. The van der Waals surface area contributed by atoms with Crippen molar-refractivity contribution in [3.05, 3.63) is 63.4 Å². The first-order valence-corrected chi connectivity index (χ1v) is 6.44. The van der Waals surface area contributed by atoms with Crippen molar-refractivity contribution in [2.45, 2.75) is 0 Å². The molecule has 0 saturated heterocycles. The Morgan fingerprint density at radius 1 is 1.05 bits per heavy atom. The van der Waals surface area contributed by atoms with Crippen molar-refractivity contribution < 1.29 is 19.1 Å². The van der Waals surface area contributed by atoms with E-state index in [1.807, 2.05) is 0 Å². The summed E-state index contributed by atoms with van der Waals surface area (Å²) < 4.78 is 13.5. The van der Waals surface area contributed by atoms with Crippen molar-refractivity contribution in [3.63, 3.8) is 0 Å². The van der Waals surface area contributed by atoms with E-state index in [9.17, 15) is 14.0 Å². The van der Waals surface area contributed by atoms with Gasteiger partial charge < -0.3 is 10.4 Å². The maximum atomic E-state index is 13.5. The van der Waals surface area contributed by atoms with Crippen molar-refractivity contribution in [2.75, 3.05) is 5.32 Å². The fraction of sp³-hybridized carbons (Fsp3) is 0. The van der Waals surface area contributed by atoms with Gasteiger partial charge >= 0.3 is 5.97 Å². The molecule has 4 nitrogen and oxygen atoms in total. The number of rotatable bonds is 3. The number of carbonyl (C=O) groups is 2. The van der Waals surface area contributed by atoms with Gasteiger partial charge in [-0.2, -0.15) is 0 Å². The summed E-state index contributed by atoms with van der Waals surface area (Å²) in [5.41, 5.74) is -0.761.